The molecular formula is C25H25N3O2. The van der Waals surface area contributed by atoms with Crippen LogP contribution in [-0.4, -0.2) is 23.2 Å². The van der Waals surface area contributed by atoms with Gasteiger partial charge in [-0.05, 0) is 67.3 Å². The number of amides is 1. The number of benzene rings is 2. The monoisotopic (exact) mass is 399 g/mol. The second kappa shape index (κ2) is 8.56. The van der Waals surface area contributed by atoms with Crippen molar-refractivity contribution in [1.29, 1.82) is 5.26 Å². The second-order valence-corrected chi connectivity index (χ2v) is 7.76. The minimum Gasteiger partial charge on any atom is -0.376 e. The summed E-state index contributed by atoms with van der Waals surface area (Å²) in [5.41, 5.74) is 3.77. The zero-order chi connectivity index (χ0) is 21.1. The molecule has 152 valence electrons. The quantitative estimate of drug-likeness (QED) is 0.486. The molecule has 0 unspecified atom stereocenters. The minimum atomic E-state index is -0.406. The maximum absolute atomic E-state index is 12.7. The van der Waals surface area contributed by atoms with Crippen molar-refractivity contribution in [3.05, 3.63) is 71.1 Å². The number of carbonyl (C=O) groups is 1. The summed E-state index contributed by atoms with van der Waals surface area (Å²) in [6.07, 6.45) is 4.08. The van der Waals surface area contributed by atoms with Gasteiger partial charge in [-0.25, -0.2) is 0 Å². The predicted molar refractivity (Wildman–Crippen MR) is 119 cm³/mol. The largest absolute Gasteiger partial charge is 0.376 e. The van der Waals surface area contributed by atoms with Gasteiger partial charge in [0.05, 0.1) is 6.10 Å². The number of nitrogens with one attached hydrogen (secondary N) is 1. The third-order valence-corrected chi connectivity index (χ3v) is 5.70. The van der Waals surface area contributed by atoms with Gasteiger partial charge in [-0.15, -0.1) is 0 Å². The number of hydrogen-bond acceptors (Lipinski definition) is 3. The first-order chi connectivity index (χ1) is 14.5. The maximum Gasteiger partial charge on any atom is 0.266 e. The normalized spacial score (nSPS) is 16.6. The van der Waals surface area contributed by atoms with E-state index in [1.165, 1.54) is 0 Å². The number of ether oxygens (including phenoxy) is 1. The molecule has 0 spiro atoms. The van der Waals surface area contributed by atoms with Gasteiger partial charge in [0.2, 0.25) is 0 Å². The summed E-state index contributed by atoms with van der Waals surface area (Å²) in [5.74, 6) is -0.406. The van der Waals surface area contributed by atoms with E-state index >= 15 is 0 Å². The lowest BCUT2D eigenvalue weighted by molar-refractivity contribution is -0.112. The fraction of sp³-hybridized carbons (Fsp3) is 0.280. The first kappa shape index (κ1) is 19.9. The van der Waals surface area contributed by atoms with E-state index in [0.717, 1.165) is 53.7 Å². The van der Waals surface area contributed by atoms with E-state index in [2.05, 4.69) is 16.0 Å². The second-order valence-electron chi connectivity index (χ2n) is 7.76. The lowest BCUT2D eigenvalue weighted by Crippen LogP contribution is -2.17. The molecule has 0 bridgehead atoms. The van der Waals surface area contributed by atoms with E-state index in [1.807, 2.05) is 62.4 Å². The average Bonchev–Trinajstić information content (AvgIpc) is 3.35. The Morgan fingerprint density at radius 2 is 2.03 bits per heavy atom. The summed E-state index contributed by atoms with van der Waals surface area (Å²) in [5, 5.41) is 14.6. The molecule has 1 aliphatic heterocycles. The number of nitriles is 1. The standard InChI is InChI=1S/C25H25N3O2/c1-17-12-21(18(2)28(17)16-24-8-5-11-30-24)13-22(15-26)25(29)27-23-10-9-19-6-3-4-7-20(19)14-23/h3-4,6-7,9-10,12-14,24H,5,8,11,16H2,1-2H3,(H,27,29)/b22-13+/t24-/m1/s1. The molecule has 0 aliphatic carbocycles. The molecule has 1 aliphatic rings. The van der Waals surface area contributed by atoms with Gasteiger partial charge in [0.1, 0.15) is 11.6 Å². The van der Waals surface area contributed by atoms with Crippen molar-refractivity contribution in [3.8, 4) is 6.07 Å². The molecule has 1 amide bonds. The van der Waals surface area contributed by atoms with Gasteiger partial charge < -0.3 is 14.6 Å². The van der Waals surface area contributed by atoms with Crippen LogP contribution < -0.4 is 5.32 Å². The molecule has 30 heavy (non-hydrogen) atoms. The summed E-state index contributed by atoms with van der Waals surface area (Å²) >= 11 is 0. The zero-order valence-corrected chi connectivity index (χ0v) is 17.3. The van der Waals surface area contributed by atoms with E-state index in [4.69, 9.17) is 4.74 Å². The molecule has 1 fully saturated rings. The molecule has 3 aromatic rings. The number of rotatable bonds is 5. The van der Waals surface area contributed by atoms with Crippen molar-refractivity contribution < 1.29 is 9.53 Å². The summed E-state index contributed by atoms with van der Waals surface area (Å²) in [6.45, 7) is 5.69. The Balaban J connectivity index is 1.55. The topological polar surface area (TPSA) is 67.0 Å². The number of anilines is 1. The summed E-state index contributed by atoms with van der Waals surface area (Å²) in [6, 6.07) is 17.7. The number of nitrogens with zero attached hydrogens (tertiary/aromatic N) is 2. The van der Waals surface area contributed by atoms with Crippen molar-refractivity contribution in [3.63, 3.8) is 0 Å². The van der Waals surface area contributed by atoms with Crippen LogP contribution in [0.1, 0.15) is 29.8 Å². The van der Waals surface area contributed by atoms with Crippen LogP contribution >= 0.6 is 0 Å². The zero-order valence-electron chi connectivity index (χ0n) is 17.3. The Hall–Kier alpha value is -3.36. The van der Waals surface area contributed by atoms with E-state index in [9.17, 15) is 10.1 Å². The molecule has 1 saturated heterocycles. The van der Waals surface area contributed by atoms with Crippen LogP contribution in [0.2, 0.25) is 0 Å². The van der Waals surface area contributed by atoms with Crippen molar-refractivity contribution >= 4 is 28.4 Å². The molecule has 1 atom stereocenters. The molecule has 5 heteroatoms. The molecular weight excluding hydrogens is 374 g/mol. The van der Waals surface area contributed by atoms with Crippen LogP contribution in [-0.2, 0) is 16.1 Å². The molecule has 1 N–H and O–H groups in total. The molecule has 1 aromatic heterocycles. The van der Waals surface area contributed by atoms with Gasteiger partial charge in [-0.3, -0.25) is 4.79 Å². The van der Waals surface area contributed by atoms with E-state index < -0.39 is 5.91 Å². The van der Waals surface area contributed by atoms with Crippen LogP contribution in [0.15, 0.2) is 54.1 Å². The highest BCUT2D eigenvalue weighted by Gasteiger charge is 2.19. The molecule has 2 heterocycles. The first-order valence-corrected chi connectivity index (χ1v) is 10.3. The fourth-order valence-electron chi connectivity index (χ4n) is 4.02. The Kier molecular flexibility index (Phi) is 5.69. The van der Waals surface area contributed by atoms with Crippen molar-refractivity contribution in [2.45, 2.75) is 39.3 Å². The highest BCUT2D eigenvalue weighted by molar-refractivity contribution is 6.10. The summed E-state index contributed by atoms with van der Waals surface area (Å²) in [4.78, 5) is 12.7. The van der Waals surface area contributed by atoms with Crippen LogP contribution in [0.25, 0.3) is 16.8 Å². The van der Waals surface area contributed by atoms with Gasteiger partial charge in [-0.1, -0.05) is 30.3 Å². The lowest BCUT2D eigenvalue weighted by Gasteiger charge is -2.14. The van der Waals surface area contributed by atoms with Gasteiger partial charge in [-0.2, -0.15) is 5.26 Å². The smallest absolute Gasteiger partial charge is 0.266 e. The van der Waals surface area contributed by atoms with Gasteiger partial charge in [0.25, 0.3) is 5.91 Å². The lowest BCUT2D eigenvalue weighted by atomic mass is 10.1. The van der Waals surface area contributed by atoms with Crippen LogP contribution in [0, 0.1) is 25.2 Å². The van der Waals surface area contributed by atoms with Gasteiger partial charge >= 0.3 is 0 Å². The Bertz CT molecular complexity index is 1160. The third-order valence-electron chi connectivity index (χ3n) is 5.70. The number of hydrogen-bond donors (Lipinski definition) is 1. The molecule has 0 radical (unpaired) electrons. The molecule has 0 saturated carbocycles. The highest BCUT2D eigenvalue weighted by Crippen LogP contribution is 2.23. The van der Waals surface area contributed by atoms with E-state index in [1.54, 1.807) is 6.08 Å². The maximum atomic E-state index is 12.7. The summed E-state index contributed by atoms with van der Waals surface area (Å²) < 4.78 is 7.97. The van der Waals surface area contributed by atoms with Gasteiger partial charge in [0, 0.05) is 30.2 Å². The predicted octanol–water partition coefficient (Wildman–Crippen LogP) is 4.98. The number of carbonyl (C=O) groups excluding carboxylic acids is 1. The molecule has 4 rings (SSSR count). The van der Waals surface area contributed by atoms with Crippen LogP contribution in [0.3, 0.4) is 0 Å². The van der Waals surface area contributed by atoms with Crippen molar-refractivity contribution in [2.75, 3.05) is 11.9 Å². The van der Waals surface area contributed by atoms with Gasteiger partial charge in [0.15, 0.2) is 0 Å². The number of fused-ring (bicyclic) bond motifs is 1. The SMILES string of the molecule is Cc1cc(/C=C(\C#N)C(=O)Nc2ccc3ccccc3c2)c(C)n1C[C@H]1CCCO1. The Labute approximate surface area is 176 Å². The summed E-state index contributed by atoms with van der Waals surface area (Å²) in [7, 11) is 0. The van der Waals surface area contributed by atoms with Crippen molar-refractivity contribution in [2.24, 2.45) is 0 Å². The third kappa shape index (κ3) is 4.14. The first-order valence-electron chi connectivity index (χ1n) is 10.3. The van der Waals surface area contributed by atoms with Crippen LogP contribution in [0.4, 0.5) is 5.69 Å². The Morgan fingerprint density at radius 3 is 2.77 bits per heavy atom. The Morgan fingerprint density at radius 1 is 1.23 bits per heavy atom. The van der Waals surface area contributed by atoms with Crippen molar-refractivity contribution in [1.82, 2.24) is 4.57 Å². The number of aromatic nitrogens is 1. The van der Waals surface area contributed by atoms with Crippen LogP contribution in [0.5, 0.6) is 0 Å². The van der Waals surface area contributed by atoms with E-state index in [0.29, 0.717) is 5.69 Å². The molecule has 5 nitrogen and oxygen atoms in total. The average molecular weight is 399 g/mol. The molecule has 2 aromatic carbocycles. The minimum absolute atomic E-state index is 0.0838. The number of aryl methyl sites for hydroxylation is 1. The van der Waals surface area contributed by atoms with E-state index in [-0.39, 0.29) is 11.7 Å². The fourth-order valence-corrected chi connectivity index (χ4v) is 4.02. The highest BCUT2D eigenvalue weighted by atomic mass is 16.5.